The summed E-state index contributed by atoms with van der Waals surface area (Å²) in [6.07, 6.45) is 3.58. The smallest absolute Gasteiger partial charge is 0.307 e. The Morgan fingerprint density at radius 2 is 1.80 bits per heavy atom. The Hall–Kier alpha value is -1.06. The largest absolute Gasteiger partial charge is 0.481 e. The van der Waals surface area contributed by atoms with Crippen LogP contribution in [0.15, 0.2) is 0 Å². The summed E-state index contributed by atoms with van der Waals surface area (Å²) in [5.74, 6) is -1.05. The van der Waals surface area contributed by atoms with Crippen LogP contribution in [0.1, 0.15) is 32.6 Å². The molecule has 0 spiro atoms. The monoisotopic (exact) mass is 211 g/mol. The highest BCUT2D eigenvalue weighted by Crippen LogP contribution is 2.35. The Kier molecular flexibility index (Phi) is 2.67. The Morgan fingerprint density at radius 1 is 1.13 bits per heavy atom. The number of hydrogen-bond donors (Lipinski definition) is 2. The number of carbonyl (C=O) groups is 2. The van der Waals surface area contributed by atoms with Crippen LogP contribution in [0.2, 0.25) is 0 Å². The average molecular weight is 211 g/mol. The predicted octanol–water partition coefficient (Wildman–Crippen LogP) is 1.01. The zero-order valence-corrected chi connectivity index (χ0v) is 8.90. The van der Waals surface area contributed by atoms with E-state index in [0.717, 1.165) is 19.3 Å². The van der Waals surface area contributed by atoms with Gasteiger partial charge in [0.2, 0.25) is 5.91 Å². The normalized spacial score (nSPS) is 38.7. The molecule has 0 aliphatic heterocycles. The van der Waals surface area contributed by atoms with Gasteiger partial charge in [0.1, 0.15) is 0 Å². The van der Waals surface area contributed by atoms with Crippen molar-refractivity contribution < 1.29 is 14.7 Å². The van der Waals surface area contributed by atoms with Crippen LogP contribution in [0.3, 0.4) is 0 Å². The number of amides is 1. The van der Waals surface area contributed by atoms with Gasteiger partial charge >= 0.3 is 5.97 Å². The van der Waals surface area contributed by atoms with Gasteiger partial charge in [-0.25, -0.2) is 0 Å². The molecule has 0 aromatic rings. The summed E-state index contributed by atoms with van der Waals surface area (Å²) in [5, 5.41) is 11.8. The van der Waals surface area contributed by atoms with Crippen molar-refractivity contribution in [3.63, 3.8) is 0 Å². The minimum Gasteiger partial charge on any atom is -0.481 e. The van der Waals surface area contributed by atoms with Crippen molar-refractivity contribution in [2.24, 2.45) is 17.8 Å². The van der Waals surface area contributed by atoms with Crippen molar-refractivity contribution in [3.8, 4) is 0 Å². The molecule has 2 saturated carbocycles. The van der Waals surface area contributed by atoms with Crippen molar-refractivity contribution in [2.75, 3.05) is 0 Å². The van der Waals surface area contributed by atoms with Gasteiger partial charge in [-0.05, 0) is 31.6 Å². The minimum absolute atomic E-state index is 0.0507. The molecular formula is C11H17NO3. The van der Waals surface area contributed by atoms with Gasteiger partial charge in [0.05, 0.1) is 11.8 Å². The number of rotatable bonds is 3. The summed E-state index contributed by atoms with van der Waals surface area (Å²) in [5.41, 5.74) is 0. The van der Waals surface area contributed by atoms with Gasteiger partial charge in [0.25, 0.3) is 0 Å². The lowest BCUT2D eigenvalue weighted by Crippen LogP contribution is -2.51. The van der Waals surface area contributed by atoms with Gasteiger partial charge in [-0.1, -0.05) is 6.92 Å². The van der Waals surface area contributed by atoms with E-state index in [1.807, 2.05) is 0 Å². The lowest BCUT2D eigenvalue weighted by Gasteiger charge is -2.38. The molecule has 0 aromatic heterocycles. The highest BCUT2D eigenvalue weighted by molar-refractivity contribution is 5.86. The molecule has 2 aliphatic rings. The molecule has 15 heavy (non-hydrogen) atoms. The summed E-state index contributed by atoms with van der Waals surface area (Å²) in [6, 6.07) is 0.285. The first-order valence-corrected chi connectivity index (χ1v) is 5.62. The maximum Gasteiger partial charge on any atom is 0.307 e. The van der Waals surface area contributed by atoms with E-state index in [-0.39, 0.29) is 17.9 Å². The summed E-state index contributed by atoms with van der Waals surface area (Å²) in [7, 11) is 0. The van der Waals surface area contributed by atoms with Gasteiger partial charge in [-0.3, -0.25) is 9.59 Å². The molecule has 2 rings (SSSR count). The van der Waals surface area contributed by atoms with Crippen molar-refractivity contribution in [3.05, 3.63) is 0 Å². The SMILES string of the molecule is CC1CCC1NC(=O)C1CCC1C(=O)O. The summed E-state index contributed by atoms with van der Waals surface area (Å²) in [6.45, 7) is 2.11. The molecule has 1 amide bonds. The molecule has 84 valence electrons. The average Bonchev–Trinajstić information content (AvgIpc) is 2.09. The van der Waals surface area contributed by atoms with Gasteiger partial charge in [0.15, 0.2) is 0 Å². The molecule has 0 aromatic carbocycles. The maximum absolute atomic E-state index is 11.7. The second-order valence-corrected chi connectivity index (χ2v) is 4.80. The third-order valence-corrected chi connectivity index (χ3v) is 3.88. The second-order valence-electron chi connectivity index (χ2n) is 4.80. The Bertz CT molecular complexity index is 290. The molecule has 2 fully saturated rings. The van der Waals surface area contributed by atoms with Gasteiger partial charge in [0, 0.05) is 6.04 Å². The Labute approximate surface area is 89.0 Å². The first-order chi connectivity index (χ1) is 7.09. The second kappa shape index (κ2) is 3.83. The Morgan fingerprint density at radius 3 is 2.13 bits per heavy atom. The van der Waals surface area contributed by atoms with Crippen molar-refractivity contribution >= 4 is 11.9 Å². The molecule has 4 nitrogen and oxygen atoms in total. The van der Waals surface area contributed by atoms with Crippen LogP contribution in [0.25, 0.3) is 0 Å². The van der Waals surface area contributed by atoms with Crippen LogP contribution in [-0.4, -0.2) is 23.0 Å². The number of carboxylic acid groups (broad SMARTS) is 1. The standard InChI is InChI=1S/C11H17NO3/c1-6-2-5-9(6)12-10(13)7-3-4-8(7)11(14)15/h6-9H,2-5H2,1H3,(H,12,13)(H,14,15). The zero-order valence-electron chi connectivity index (χ0n) is 8.90. The fraction of sp³-hybridized carbons (Fsp3) is 0.818. The molecule has 2 aliphatic carbocycles. The third kappa shape index (κ3) is 1.85. The van der Waals surface area contributed by atoms with E-state index in [4.69, 9.17) is 5.11 Å². The van der Waals surface area contributed by atoms with Gasteiger partial charge < -0.3 is 10.4 Å². The zero-order chi connectivity index (χ0) is 11.0. The van der Waals surface area contributed by atoms with Crippen LogP contribution in [0.5, 0.6) is 0 Å². The summed E-state index contributed by atoms with van der Waals surface area (Å²) < 4.78 is 0. The maximum atomic E-state index is 11.7. The van der Waals surface area contributed by atoms with E-state index in [9.17, 15) is 9.59 Å². The van der Waals surface area contributed by atoms with Gasteiger partial charge in [-0.15, -0.1) is 0 Å². The van der Waals surface area contributed by atoms with Crippen LogP contribution in [0.4, 0.5) is 0 Å². The summed E-state index contributed by atoms with van der Waals surface area (Å²) >= 11 is 0. The molecule has 0 bridgehead atoms. The van der Waals surface area contributed by atoms with E-state index in [0.29, 0.717) is 12.3 Å². The Balaban J connectivity index is 1.83. The van der Waals surface area contributed by atoms with Crippen molar-refractivity contribution in [1.29, 1.82) is 0 Å². The van der Waals surface area contributed by atoms with Crippen LogP contribution in [-0.2, 0) is 9.59 Å². The minimum atomic E-state index is -0.831. The molecule has 4 unspecified atom stereocenters. The first kappa shape index (κ1) is 10.5. The molecular weight excluding hydrogens is 194 g/mol. The lowest BCUT2D eigenvalue weighted by molar-refractivity contribution is -0.153. The highest BCUT2D eigenvalue weighted by atomic mass is 16.4. The molecule has 2 N–H and O–H groups in total. The summed E-state index contributed by atoms with van der Waals surface area (Å²) in [4.78, 5) is 22.5. The quantitative estimate of drug-likeness (QED) is 0.732. The number of nitrogens with one attached hydrogen (secondary N) is 1. The lowest BCUT2D eigenvalue weighted by atomic mass is 9.72. The van der Waals surface area contributed by atoms with Crippen molar-refractivity contribution in [2.45, 2.75) is 38.6 Å². The fourth-order valence-electron chi connectivity index (χ4n) is 2.28. The van der Waals surface area contributed by atoms with Crippen LogP contribution in [0, 0.1) is 17.8 Å². The van der Waals surface area contributed by atoms with Gasteiger partial charge in [-0.2, -0.15) is 0 Å². The number of hydrogen-bond acceptors (Lipinski definition) is 2. The first-order valence-electron chi connectivity index (χ1n) is 5.62. The third-order valence-electron chi connectivity index (χ3n) is 3.88. The van der Waals surface area contributed by atoms with E-state index >= 15 is 0 Å². The van der Waals surface area contributed by atoms with Crippen molar-refractivity contribution in [1.82, 2.24) is 5.32 Å². The van der Waals surface area contributed by atoms with Crippen LogP contribution < -0.4 is 5.32 Å². The number of aliphatic carboxylic acids is 1. The highest BCUT2D eigenvalue weighted by Gasteiger charge is 2.42. The molecule has 0 saturated heterocycles. The predicted molar refractivity (Wildman–Crippen MR) is 54.2 cm³/mol. The number of carbonyl (C=O) groups excluding carboxylic acids is 1. The van der Waals surface area contributed by atoms with Crippen LogP contribution >= 0.6 is 0 Å². The van der Waals surface area contributed by atoms with E-state index in [1.54, 1.807) is 0 Å². The van der Waals surface area contributed by atoms with E-state index < -0.39 is 11.9 Å². The molecule has 4 heteroatoms. The number of carboxylic acids is 1. The van der Waals surface area contributed by atoms with E-state index in [1.165, 1.54) is 0 Å². The molecule has 0 heterocycles. The topological polar surface area (TPSA) is 66.4 Å². The fourth-order valence-corrected chi connectivity index (χ4v) is 2.28. The molecule has 4 atom stereocenters. The van der Waals surface area contributed by atoms with E-state index in [2.05, 4.69) is 12.2 Å². The molecule has 0 radical (unpaired) electrons.